The molecule has 16 aromatic rings. The molecule has 4 nitrogen and oxygen atoms in total. The van der Waals surface area contributed by atoms with Gasteiger partial charge in [-0.1, -0.05) is 121 Å². The van der Waals surface area contributed by atoms with Crippen LogP contribution in [0.25, 0.3) is 75.4 Å². The van der Waals surface area contributed by atoms with E-state index in [0.29, 0.717) is 0 Å². The summed E-state index contributed by atoms with van der Waals surface area (Å²) in [5.41, 5.74) is 18.1. The van der Waals surface area contributed by atoms with Gasteiger partial charge in [-0.3, -0.25) is 0 Å². The van der Waals surface area contributed by atoms with Gasteiger partial charge in [0.05, 0.1) is 45.5 Å². The number of benzene rings is 16. The molecule has 0 fully saturated rings. The first-order chi connectivity index (χ1) is 46.6. The highest BCUT2D eigenvalue weighted by Crippen LogP contribution is 2.58. The molecule has 0 heterocycles. The Balaban J connectivity index is 1.15. The van der Waals surface area contributed by atoms with Crippen molar-refractivity contribution in [1.82, 2.24) is 0 Å². The van der Waals surface area contributed by atoms with E-state index in [1.165, 1.54) is 48.5 Å². The minimum atomic E-state index is -0.364. The summed E-state index contributed by atoms with van der Waals surface area (Å²) in [5, 5.41) is 14.1. The highest BCUT2D eigenvalue weighted by atomic mass is 19.1. The van der Waals surface area contributed by atoms with Crippen LogP contribution in [0.3, 0.4) is 0 Å². The number of hydrogen-bond donors (Lipinski definition) is 0. The minimum Gasteiger partial charge on any atom is -0.309 e. The van der Waals surface area contributed by atoms with E-state index in [2.05, 4.69) is 233 Å². The van der Waals surface area contributed by atoms with Crippen molar-refractivity contribution in [3.63, 3.8) is 0 Å². The molecule has 0 bridgehead atoms. The van der Waals surface area contributed by atoms with E-state index < -0.39 is 0 Å². The van der Waals surface area contributed by atoms with Crippen LogP contribution in [0.2, 0.25) is 0 Å². The Kier molecular flexibility index (Phi) is 14.4. The Hall–Kier alpha value is -11.5. The van der Waals surface area contributed by atoms with Crippen molar-refractivity contribution in [2.75, 3.05) is 19.6 Å². The lowest BCUT2D eigenvalue weighted by molar-refractivity contribution is 0.627. The molecule has 0 N–H and O–H groups in total. The van der Waals surface area contributed by atoms with Gasteiger partial charge in [-0.15, -0.1) is 0 Å². The van der Waals surface area contributed by atoms with Crippen LogP contribution in [0.5, 0.6) is 0 Å². The van der Waals surface area contributed by atoms with E-state index in [9.17, 15) is 0 Å². The number of nitrogens with zero attached hydrogens (tertiary/aromatic N) is 4. The molecule has 0 aromatic heterocycles. The highest BCUT2D eigenvalue weighted by Gasteiger charge is 2.33. The number of halogens is 4. The van der Waals surface area contributed by atoms with Crippen molar-refractivity contribution in [3.8, 4) is 0 Å². The number of hydrogen-bond acceptors (Lipinski definition) is 4. The largest absolute Gasteiger partial charge is 0.309 e. The van der Waals surface area contributed by atoms with Crippen LogP contribution in [-0.2, 0) is 0 Å². The van der Waals surface area contributed by atoms with Gasteiger partial charge < -0.3 is 19.6 Å². The second-order valence-electron chi connectivity index (χ2n) is 25.7. The summed E-state index contributed by atoms with van der Waals surface area (Å²) >= 11 is 0. The molecular formula is C88H66F4N4. The van der Waals surface area contributed by atoms with Crippen molar-refractivity contribution in [1.29, 1.82) is 0 Å². The molecule has 8 heteroatoms. The van der Waals surface area contributed by atoms with Crippen LogP contribution in [0, 0.1) is 78.7 Å². The van der Waals surface area contributed by atoms with Crippen molar-refractivity contribution in [2.45, 2.75) is 55.4 Å². The first-order valence-corrected chi connectivity index (χ1v) is 32.6. The van der Waals surface area contributed by atoms with E-state index in [1.54, 1.807) is 0 Å². The number of aryl methyl sites for hydroxylation is 8. The van der Waals surface area contributed by atoms with Gasteiger partial charge in [0.2, 0.25) is 0 Å². The smallest absolute Gasteiger partial charge is 0.123 e. The molecule has 0 radical (unpaired) electrons. The van der Waals surface area contributed by atoms with Crippen molar-refractivity contribution < 1.29 is 17.6 Å². The first-order valence-electron chi connectivity index (χ1n) is 32.6. The second kappa shape index (κ2) is 23.2. The van der Waals surface area contributed by atoms with Gasteiger partial charge in [0, 0.05) is 55.1 Å². The molecule has 0 aliphatic heterocycles. The van der Waals surface area contributed by atoms with Crippen LogP contribution in [0.1, 0.15) is 44.5 Å². The Morgan fingerprint density at radius 1 is 0.208 bits per heavy atom. The van der Waals surface area contributed by atoms with E-state index in [0.717, 1.165) is 188 Å². The zero-order chi connectivity index (χ0) is 65.9. The van der Waals surface area contributed by atoms with Crippen LogP contribution >= 0.6 is 0 Å². The lowest BCUT2D eigenvalue weighted by Crippen LogP contribution is -2.18. The third-order valence-corrected chi connectivity index (χ3v) is 19.9. The molecule has 466 valence electrons. The zero-order valence-corrected chi connectivity index (χ0v) is 54.5. The SMILES string of the molecule is Cc1cc2ccccc2c(C)c1N(c1ccc(F)cc1)c1cc(N(c2ccc(F)cc2)c2c(C)cc3ccccc3c2C)c2ccc3c(N(c4ccc(F)cc4)c4c(C)cc5ccccc5c4C)cc(N(c4ccc(F)cc4)c4c(C)cc5ccccc5c4C)c4ccc1c2c43. The van der Waals surface area contributed by atoms with Crippen LogP contribution in [-0.4, -0.2) is 0 Å². The molecule has 0 amide bonds. The maximum absolute atomic E-state index is 15.7. The fourth-order valence-electron chi connectivity index (χ4n) is 15.7. The van der Waals surface area contributed by atoms with Gasteiger partial charge in [0.1, 0.15) is 23.3 Å². The van der Waals surface area contributed by atoms with Gasteiger partial charge in [-0.2, -0.15) is 0 Å². The molecule has 0 unspecified atom stereocenters. The van der Waals surface area contributed by atoms with Crippen molar-refractivity contribution in [2.24, 2.45) is 0 Å². The quantitative estimate of drug-likeness (QED) is 0.0893. The maximum Gasteiger partial charge on any atom is 0.123 e. The summed E-state index contributed by atoms with van der Waals surface area (Å²) in [6, 6.07) is 83.3. The number of anilines is 12. The fourth-order valence-corrected chi connectivity index (χ4v) is 15.7. The molecule has 0 aliphatic carbocycles. The maximum atomic E-state index is 15.7. The third-order valence-electron chi connectivity index (χ3n) is 19.9. The second-order valence-corrected chi connectivity index (χ2v) is 25.7. The van der Waals surface area contributed by atoms with E-state index in [4.69, 9.17) is 0 Å². The fraction of sp³-hybridized carbons (Fsp3) is 0.0909. The molecule has 16 aromatic carbocycles. The van der Waals surface area contributed by atoms with Crippen molar-refractivity contribution >= 4 is 144 Å². The molecular weight excluding hydrogens is 1190 g/mol. The number of rotatable bonds is 12. The standard InChI is InChI=1S/C88H66F4N4/c1-51-45-59-17-9-13-21-71(59)55(5)85(51)93(67-33-25-63(89)26-34-67)79-49-80(94(68-35-27-64(90)28-36-68)86-52(2)46-60-18-10-14-22-72(60)56(86)6)76-43-44-78-82(96(70-39-31-66(92)32-40-70)88-54(4)48-62-20-12-16-24-74(62)58(88)8)50-81(77-42-41-75(79)83(76)84(77)78)95(69-37-29-65(91)30-38-69)87-53(3)47-61-19-11-15-23-73(61)57(87)7/h9-50H,1-8H3. The van der Waals surface area contributed by atoms with E-state index >= 15 is 17.6 Å². The predicted octanol–water partition coefficient (Wildman–Crippen LogP) is 26.1. The average Bonchev–Trinajstić information content (AvgIpc) is 0.697. The van der Waals surface area contributed by atoms with Crippen LogP contribution in [0.4, 0.5) is 85.8 Å². The molecule has 0 saturated carbocycles. The first kappa shape index (κ1) is 59.5. The van der Waals surface area contributed by atoms with E-state index in [1.807, 2.05) is 48.5 Å². The summed E-state index contributed by atoms with van der Waals surface area (Å²) in [7, 11) is 0. The Labute approximate surface area is 555 Å². The molecule has 0 aliphatic rings. The lowest BCUT2D eigenvalue weighted by Gasteiger charge is -2.36. The van der Waals surface area contributed by atoms with Crippen molar-refractivity contribution in [3.05, 3.63) is 323 Å². The van der Waals surface area contributed by atoms with Gasteiger partial charge in [0.25, 0.3) is 0 Å². The molecule has 0 spiro atoms. The summed E-state index contributed by atoms with van der Waals surface area (Å²) in [6.45, 7) is 17.3. The topological polar surface area (TPSA) is 13.0 Å². The zero-order valence-electron chi connectivity index (χ0n) is 54.5. The molecule has 0 saturated heterocycles. The number of fused-ring (bicyclic) bond motifs is 4. The molecule has 96 heavy (non-hydrogen) atoms. The predicted molar refractivity (Wildman–Crippen MR) is 397 cm³/mol. The summed E-state index contributed by atoms with van der Waals surface area (Å²) in [4.78, 5) is 9.21. The average molecular weight is 1260 g/mol. The third kappa shape index (κ3) is 9.64. The van der Waals surface area contributed by atoms with Gasteiger partial charge in [-0.25, -0.2) is 17.6 Å². The Bertz CT molecular complexity index is 5100. The van der Waals surface area contributed by atoms with Gasteiger partial charge in [-0.05, 0) is 276 Å². The summed E-state index contributed by atoms with van der Waals surface area (Å²) in [6.07, 6.45) is 0. The highest BCUT2D eigenvalue weighted by molar-refractivity contribution is 6.33. The van der Waals surface area contributed by atoms with Crippen LogP contribution in [0.15, 0.2) is 255 Å². The van der Waals surface area contributed by atoms with Gasteiger partial charge >= 0.3 is 0 Å². The van der Waals surface area contributed by atoms with Crippen LogP contribution < -0.4 is 19.6 Å². The lowest BCUT2D eigenvalue weighted by atomic mass is 9.88. The van der Waals surface area contributed by atoms with Gasteiger partial charge in [0.15, 0.2) is 0 Å². The molecule has 0 atom stereocenters. The Morgan fingerprint density at radius 3 is 0.615 bits per heavy atom. The monoisotopic (exact) mass is 1250 g/mol. The Morgan fingerprint density at radius 2 is 0.406 bits per heavy atom. The minimum absolute atomic E-state index is 0.364. The normalized spacial score (nSPS) is 11.8. The summed E-state index contributed by atoms with van der Waals surface area (Å²) in [5.74, 6) is -1.46. The van der Waals surface area contributed by atoms with E-state index in [-0.39, 0.29) is 23.3 Å². The summed E-state index contributed by atoms with van der Waals surface area (Å²) < 4.78 is 62.8. The molecule has 16 rings (SSSR count).